The van der Waals surface area contributed by atoms with Crippen molar-refractivity contribution < 1.29 is 4.74 Å². The summed E-state index contributed by atoms with van der Waals surface area (Å²) in [5, 5.41) is 3.10. The first-order valence-corrected chi connectivity index (χ1v) is 9.98. The van der Waals surface area contributed by atoms with E-state index in [0.29, 0.717) is 12.5 Å². The van der Waals surface area contributed by atoms with Gasteiger partial charge >= 0.3 is 0 Å². The Morgan fingerprint density at radius 1 is 1.14 bits per heavy atom. The van der Waals surface area contributed by atoms with Gasteiger partial charge in [0.15, 0.2) is 5.96 Å². The maximum atomic E-state index is 6.04. The number of benzene rings is 2. The average molecular weight is 392 g/mol. The molecule has 0 bridgehead atoms. The summed E-state index contributed by atoms with van der Waals surface area (Å²) in [6.45, 7) is 5.35. The van der Waals surface area contributed by atoms with E-state index in [9.17, 15) is 0 Å². The largest absolute Gasteiger partial charge is 0.491 e. The number of imidazole rings is 1. The third-order valence-electron chi connectivity index (χ3n) is 4.40. The van der Waals surface area contributed by atoms with Gasteiger partial charge in [-0.2, -0.15) is 0 Å². The van der Waals surface area contributed by atoms with E-state index in [1.165, 1.54) is 5.56 Å². The molecule has 6 heteroatoms. The van der Waals surface area contributed by atoms with E-state index in [-0.39, 0.29) is 6.10 Å². The second kappa shape index (κ2) is 10.3. The van der Waals surface area contributed by atoms with Gasteiger partial charge in [0.2, 0.25) is 0 Å². The Morgan fingerprint density at radius 2 is 1.90 bits per heavy atom. The van der Waals surface area contributed by atoms with E-state index >= 15 is 0 Å². The summed E-state index contributed by atoms with van der Waals surface area (Å²) in [4.78, 5) is 8.84. The lowest BCUT2D eigenvalue weighted by Gasteiger charge is -2.11. The number of nitrogens with one attached hydrogen (secondary N) is 1. The quantitative estimate of drug-likeness (QED) is 0.423. The average Bonchev–Trinajstić information content (AvgIpc) is 3.16. The summed E-state index contributed by atoms with van der Waals surface area (Å²) in [5.41, 5.74) is 8.26. The van der Waals surface area contributed by atoms with Crippen LogP contribution >= 0.6 is 0 Å². The molecule has 6 nitrogen and oxygen atoms in total. The Morgan fingerprint density at radius 3 is 2.62 bits per heavy atom. The molecular formula is C23H29N5O. The highest BCUT2D eigenvalue weighted by atomic mass is 16.5. The normalized spacial score (nSPS) is 11.6. The second-order valence-electron chi connectivity index (χ2n) is 7.14. The molecule has 0 atom stereocenters. The number of nitrogens with two attached hydrogens (primary N) is 1. The van der Waals surface area contributed by atoms with Crippen LogP contribution in [-0.4, -0.2) is 21.6 Å². The van der Waals surface area contributed by atoms with Crippen LogP contribution < -0.4 is 15.8 Å². The Balaban J connectivity index is 1.50. The molecule has 0 aliphatic heterocycles. The lowest BCUT2D eigenvalue weighted by molar-refractivity contribution is 0.242. The van der Waals surface area contributed by atoms with Gasteiger partial charge in [-0.15, -0.1) is 0 Å². The summed E-state index contributed by atoms with van der Waals surface area (Å²) >= 11 is 0. The smallest absolute Gasteiger partial charge is 0.193 e. The molecule has 152 valence electrons. The topological polar surface area (TPSA) is 77.5 Å². The predicted molar refractivity (Wildman–Crippen MR) is 118 cm³/mol. The van der Waals surface area contributed by atoms with Crippen LogP contribution in [0.4, 0.5) is 5.69 Å². The minimum atomic E-state index is 0.150. The van der Waals surface area contributed by atoms with E-state index in [0.717, 1.165) is 36.6 Å². The van der Waals surface area contributed by atoms with E-state index in [2.05, 4.69) is 44.1 Å². The molecule has 3 N–H and O–H groups in total. The van der Waals surface area contributed by atoms with Crippen molar-refractivity contribution >= 4 is 11.6 Å². The van der Waals surface area contributed by atoms with Crippen molar-refractivity contribution in [1.29, 1.82) is 0 Å². The highest BCUT2D eigenvalue weighted by Crippen LogP contribution is 2.16. The molecule has 2 aromatic carbocycles. The fourth-order valence-electron chi connectivity index (χ4n) is 3.03. The SMILES string of the molecule is CC(C)Oc1ccc(NC(N)=NCc2nccn2CCCc2ccccc2)cc1. The van der Waals surface area contributed by atoms with E-state index < -0.39 is 0 Å². The van der Waals surface area contributed by atoms with Gasteiger partial charge in [-0.1, -0.05) is 30.3 Å². The summed E-state index contributed by atoms with van der Waals surface area (Å²) in [6.07, 6.45) is 6.05. The van der Waals surface area contributed by atoms with E-state index in [1.807, 2.05) is 56.6 Å². The van der Waals surface area contributed by atoms with Crippen LogP contribution in [0.25, 0.3) is 0 Å². The highest BCUT2D eigenvalue weighted by Gasteiger charge is 2.04. The fraction of sp³-hybridized carbons (Fsp3) is 0.304. The minimum absolute atomic E-state index is 0.150. The molecule has 0 aliphatic carbocycles. The van der Waals surface area contributed by atoms with E-state index in [1.54, 1.807) is 0 Å². The van der Waals surface area contributed by atoms with Crippen LogP contribution in [-0.2, 0) is 19.5 Å². The predicted octanol–water partition coefficient (Wildman–Crippen LogP) is 4.23. The standard InChI is InChI=1S/C23H29N5O/c1-18(2)29-21-12-10-20(11-13-21)27-23(24)26-17-22-25-14-16-28(22)15-6-9-19-7-4-3-5-8-19/h3-5,7-8,10-14,16,18H,6,9,15,17H2,1-2H3,(H3,24,26,27). The zero-order chi connectivity index (χ0) is 20.5. The van der Waals surface area contributed by atoms with Gasteiger partial charge in [0.1, 0.15) is 18.1 Å². The van der Waals surface area contributed by atoms with Crippen LogP contribution in [0.1, 0.15) is 31.7 Å². The van der Waals surface area contributed by atoms with Gasteiger partial charge in [-0.25, -0.2) is 9.98 Å². The summed E-state index contributed by atoms with van der Waals surface area (Å²) in [5.74, 6) is 2.10. The number of anilines is 1. The van der Waals surface area contributed by atoms with Crippen LogP contribution in [0.3, 0.4) is 0 Å². The molecule has 3 aromatic rings. The van der Waals surface area contributed by atoms with Crippen molar-refractivity contribution in [2.75, 3.05) is 5.32 Å². The monoisotopic (exact) mass is 391 g/mol. The minimum Gasteiger partial charge on any atom is -0.491 e. The van der Waals surface area contributed by atoms with Gasteiger partial charge in [0.25, 0.3) is 0 Å². The number of rotatable bonds is 9. The maximum Gasteiger partial charge on any atom is 0.193 e. The molecule has 29 heavy (non-hydrogen) atoms. The number of ether oxygens (including phenoxy) is 1. The van der Waals surface area contributed by atoms with Crippen molar-refractivity contribution in [3.63, 3.8) is 0 Å². The van der Waals surface area contributed by atoms with Gasteiger partial charge in [-0.05, 0) is 56.5 Å². The molecule has 0 unspecified atom stereocenters. The zero-order valence-corrected chi connectivity index (χ0v) is 17.1. The number of hydrogen-bond donors (Lipinski definition) is 2. The first kappa shape index (κ1) is 20.5. The molecule has 0 amide bonds. The van der Waals surface area contributed by atoms with Crippen LogP contribution in [0.15, 0.2) is 72.0 Å². The van der Waals surface area contributed by atoms with Crippen LogP contribution in [0.2, 0.25) is 0 Å². The number of guanidine groups is 1. The summed E-state index contributed by atoms with van der Waals surface area (Å²) in [7, 11) is 0. The summed E-state index contributed by atoms with van der Waals surface area (Å²) in [6, 6.07) is 18.2. The molecular weight excluding hydrogens is 362 g/mol. The molecule has 0 saturated heterocycles. The lowest BCUT2D eigenvalue weighted by atomic mass is 10.1. The number of hydrogen-bond acceptors (Lipinski definition) is 3. The molecule has 1 aromatic heterocycles. The number of aryl methyl sites for hydroxylation is 2. The third-order valence-corrected chi connectivity index (χ3v) is 4.40. The molecule has 0 fully saturated rings. The summed E-state index contributed by atoms with van der Waals surface area (Å²) < 4.78 is 7.78. The second-order valence-corrected chi connectivity index (χ2v) is 7.14. The van der Waals surface area contributed by atoms with E-state index in [4.69, 9.17) is 10.5 Å². The Hall–Kier alpha value is -3.28. The van der Waals surface area contributed by atoms with Crippen molar-refractivity contribution in [1.82, 2.24) is 9.55 Å². The van der Waals surface area contributed by atoms with Gasteiger partial charge in [-0.3, -0.25) is 0 Å². The zero-order valence-electron chi connectivity index (χ0n) is 17.1. The van der Waals surface area contributed by atoms with Gasteiger partial charge in [0, 0.05) is 24.6 Å². The third kappa shape index (κ3) is 6.68. The maximum absolute atomic E-state index is 6.04. The Labute approximate surface area is 172 Å². The first-order valence-electron chi connectivity index (χ1n) is 9.98. The fourth-order valence-corrected chi connectivity index (χ4v) is 3.03. The Bertz CT molecular complexity index is 901. The van der Waals surface area contributed by atoms with Crippen molar-refractivity contribution in [2.24, 2.45) is 10.7 Å². The highest BCUT2D eigenvalue weighted by molar-refractivity contribution is 5.92. The van der Waals surface area contributed by atoms with Crippen LogP contribution in [0.5, 0.6) is 5.75 Å². The lowest BCUT2D eigenvalue weighted by Crippen LogP contribution is -2.22. The Kier molecular flexibility index (Phi) is 7.28. The number of aliphatic imine (C=N–C) groups is 1. The number of aromatic nitrogens is 2. The molecule has 3 rings (SSSR count). The molecule has 0 aliphatic rings. The van der Waals surface area contributed by atoms with Gasteiger partial charge in [0.05, 0.1) is 6.10 Å². The van der Waals surface area contributed by atoms with Crippen molar-refractivity contribution in [2.45, 2.75) is 45.9 Å². The molecule has 0 radical (unpaired) electrons. The van der Waals surface area contributed by atoms with Crippen molar-refractivity contribution in [3.05, 3.63) is 78.4 Å². The van der Waals surface area contributed by atoms with Gasteiger partial charge < -0.3 is 20.4 Å². The number of nitrogens with zero attached hydrogens (tertiary/aromatic N) is 3. The first-order chi connectivity index (χ1) is 14.1. The molecule has 0 saturated carbocycles. The van der Waals surface area contributed by atoms with Crippen LogP contribution in [0, 0.1) is 0 Å². The molecule has 0 spiro atoms. The molecule has 1 heterocycles. The van der Waals surface area contributed by atoms with Crippen molar-refractivity contribution in [3.8, 4) is 5.75 Å².